The summed E-state index contributed by atoms with van der Waals surface area (Å²) in [6.07, 6.45) is 5.03. The van der Waals surface area contributed by atoms with Crippen molar-refractivity contribution in [2.75, 3.05) is 6.61 Å². The maximum absolute atomic E-state index is 11.1. The van der Waals surface area contributed by atoms with Crippen molar-refractivity contribution in [3.05, 3.63) is 0 Å². The molecular weight excluding hydrogens is 196 g/mol. The average Bonchev–Trinajstić information content (AvgIpc) is 2.37. The smallest absolute Gasteiger partial charge is 0.306 e. The van der Waals surface area contributed by atoms with Gasteiger partial charge in [-0.1, -0.05) is 0 Å². The standard InChI is InChI=1S/C11H18O4/c1-9(12)14-8-4-6-10-5-2-3-7-11(13)15-10/h10H,2-8H2,1H3. The van der Waals surface area contributed by atoms with Gasteiger partial charge in [0.25, 0.3) is 0 Å². The Balaban J connectivity index is 2.13. The molecule has 0 bridgehead atoms. The molecule has 1 aliphatic heterocycles. The summed E-state index contributed by atoms with van der Waals surface area (Å²) < 4.78 is 10.1. The Morgan fingerprint density at radius 1 is 1.53 bits per heavy atom. The first kappa shape index (κ1) is 12.0. The molecule has 1 fully saturated rings. The maximum Gasteiger partial charge on any atom is 0.306 e. The van der Waals surface area contributed by atoms with E-state index in [0.29, 0.717) is 13.0 Å². The van der Waals surface area contributed by atoms with E-state index in [4.69, 9.17) is 9.47 Å². The van der Waals surface area contributed by atoms with Gasteiger partial charge in [-0.15, -0.1) is 0 Å². The van der Waals surface area contributed by atoms with Gasteiger partial charge in [0.2, 0.25) is 0 Å². The minimum Gasteiger partial charge on any atom is -0.466 e. The number of carbonyl (C=O) groups is 2. The zero-order valence-electron chi connectivity index (χ0n) is 9.16. The van der Waals surface area contributed by atoms with Crippen LogP contribution in [-0.4, -0.2) is 24.6 Å². The van der Waals surface area contributed by atoms with Crippen LogP contribution in [0.1, 0.15) is 45.4 Å². The number of rotatable bonds is 4. The molecule has 15 heavy (non-hydrogen) atoms. The Bertz CT molecular complexity index is 225. The van der Waals surface area contributed by atoms with E-state index in [1.807, 2.05) is 0 Å². The van der Waals surface area contributed by atoms with Crippen LogP contribution in [0.15, 0.2) is 0 Å². The molecule has 1 aliphatic rings. The fourth-order valence-corrected chi connectivity index (χ4v) is 1.68. The van der Waals surface area contributed by atoms with Gasteiger partial charge in [0.15, 0.2) is 0 Å². The lowest BCUT2D eigenvalue weighted by atomic mass is 10.1. The van der Waals surface area contributed by atoms with Crippen LogP contribution in [-0.2, 0) is 19.1 Å². The number of hydrogen-bond acceptors (Lipinski definition) is 4. The van der Waals surface area contributed by atoms with Gasteiger partial charge >= 0.3 is 11.9 Å². The molecule has 1 atom stereocenters. The van der Waals surface area contributed by atoms with Gasteiger partial charge in [0.1, 0.15) is 6.10 Å². The summed E-state index contributed by atoms with van der Waals surface area (Å²) in [7, 11) is 0. The highest BCUT2D eigenvalue weighted by Crippen LogP contribution is 2.17. The van der Waals surface area contributed by atoms with Gasteiger partial charge in [-0.3, -0.25) is 9.59 Å². The van der Waals surface area contributed by atoms with Crippen LogP contribution >= 0.6 is 0 Å². The van der Waals surface area contributed by atoms with Crippen LogP contribution in [0.4, 0.5) is 0 Å². The number of esters is 2. The van der Waals surface area contributed by atoms with Crippen molar-refractivity contribution in [3.63, 3.8) is 0 Å². The van der Waals surface area contributed by atoms with Crippen LogP contribution in [0.3, 0.4) is 0 Å². The monoisotopic (exact) mass is 214 g/mol. The summed E-state index contributed by atoms with van der Waals surface area (Å²) in [4.78, 5) is 21.6. The second kappa shape index (κ2) is 6.43. The molecule has 1 rings (SSSR count). The molecule has 0 aromatic heterocycles. The van der Waals surface area contributed by atoms with Crippen molar-refractivity contribution in [2.45, 2.75) is 51.6 Å². The zero-order chi connectivity index (χ0) is 11.1. The Hall–Kier alpha value is -1.06. The molecule has 0 N–H and O–H groups in total. The molecule has 0 aromatic carbocycles. The van der Waals surface area contributed by atoms with Gasteiger partial charge in [-0.25, -0.2) is 0 Å². The van der Waals surface area contributed by atoms with Crippen molar-refractivity contribution in [1.29, 1.82) is 0 Å². The lowest BCUT2D eigenvalue weighted by Gasteiger charge is -2.14. The second-order valence-electron chi connectivity index (χ2n) is 3.84. The Labute approximate surface area is 89.9 Å². The van der Waals surface area contributed by atoms with E-state index in [1.54, 1.807) is 0 Å². The van der Waals surface area contributed by atoms with E-state index in [9.17, 15) is 9.59 Å². The second-order valence-corrected chi connectivity index (χ2v) is 3.84. The molecule has 0 radical (unpaired) electrons. The lowest BCUT2D eigenvalue weighted by Crippen LogP contribution is -2.16. The van der Waals surface area contributed by atoms with Gasteiger partial charge in [-0.05, 0) is 32.1 Å². The van der Waals surface area contributed by atoms with E-state index < -0.39 is 0 Å². The molecule has 1 unspecified atom stereocenters. The van der Waals surface area contributed by atoms with Crippen molar-refractivity contribution < 1.29 is 19.1 Å². The molecule has 86 valence electrons. The van der Waals surface area contributed by atoms with Crippen LogP contribution in [0.2, 0.25) is 0 Å². The van der Waals surface area contributed by atoms with Crippen molar-refractivity contribution in [2.24, 2.45) is 0 Å². The average molecular weight is 214 g/mol. The highest BCUT2D eigenvalue weighted by atomic mass is 16.5. The Kier molecular flexibility index (Phi) is 5.15. The Morgan fingerprint density at radius 3 is 3.07 bits per heavy atom. The minimum atomic E-state index is -0.257. The predicted molar refractivity (Wildman–Crippen MR) is 54.2 cm³/mol. The molecule has 0 amide bonds. The van der Waals surface area contributed by atoms with Crippen molar-refractivity contribution in [1.82, 2.24) is 0 Å². The van der Waals surface area contributed by atoms with Crippen LogP contribution in [0, 0.1) is 0 Å². The number of carbonyl (C=O) groups excluding carboxylic acids is 2. The first-order valence-electron chi connectivity index (χ1n) is 5.51. The van der Waals surface area contributed by atoms with Crippen LogP contribution in [0.25, 0.3) is 0 Å². The topological polar surface area (TPSA) is 52.6 Å². The van der Waals surface area contributed by atoms with E-state index in [0.717, 1.165) is 32.1 Å². The summed E-state index contributed by atoms with van der Waals surface area (Å²) >= 11 is 0. The normalized spacial score (nSPS) is 21.7. The number of ether oxygens (including phenoxy) is 2. The fraction of sp³-hybridized carbons (Fsp3) is 0.818. The van der Waals surface area contributed by atoms with Gasteiger partial charge in [0, 0.05) is 13.3 Å². The van der Waals surface area contributed by atoms with Gasteiger partial charge in [-0.2, -0.15) is 0 Å². The minimum absolute atomic E-state index is 0.0237. The summed E-state index contributed by atoms with van der Waals surface area (Å²) in [5.74, 6) is -0.349. The molecule has 0 saturated carbocycles. The summed E-state index contributed by atoms with van der Waals surface area (Å²) in [6, 6.07) is 0. The maximum atomic E-state index is 11.1. The van der Waals surface area contributed by atoms with Crippen LogP contribution < -0.4 is 0 Å². The molecule has 0 aliphatic carbocycles. The first-order valence-corrected chi connectivity index (χ1v) is 5.51. The molecule has 4 nitrogen and oxygen atoms in total. The zero-order valence-corrected chi connectivity index (χ0v) is 9.16. The highest BCUT2D eigenvalue weighted by molar-refractivity contribution is 5.69. The van der Waals surface area contributed by atoms with E-state index in [2.05, 4.69) is 0 Å². The summed E-state index contributed by atoms with van der Waals surface area (Å²) in [5, 5.41) is 0. The number of cyclic esters (lactones) is 1. The SMILES string of the molecule is CC(=O)OCCCC1CCCCC(=O)O1. The highest BCUT2D eigenvalue weighted by Gasteiger charge is 2.17. The van der Waals surface area contributed by atoms with E-state index in [1.165, 1.54) is 6.92 Å². The van der Waals surface area contributed by atoms with Gasteiger partial charge < -0.3 is 9.47 Å². The third-order valence-corrected chi connectivity index (χ3v) is 2.43. The van der Waals surface area contributed by atoms with Crippen molar-refractivity contribution >= 4 is 11.9 Å². The summed E-state index contributed by atoms with van der Waals surface area (Å²) in [5.41, 5.74) is 0. The third-order valence-electron chi connectivity index (χ3n) is 2.43. The fourth-order valence-electron chi connectivity index (χ4n) is 1.68. The largest absolute Gasteiger partial charge is 0.466 e. The molecule has 4 heteroatoms. The molecule has 0 aromatic rings. The third kappa shape index (κ3) is 5.40. The Morgan fingerprint density at radius 2 is 2.33 bits per heavy atom. The molecular formula is C11H18O4. The quantitative estimate of drug-likeness (QED) is 0.529. The van der Waals surface area contributed by atoms with Gasteiger partial charge in [0.05, 0.1) is 6.61 Å². The van der Waals surface area contributed by atoms with Crippen LogP contribution in [0.5, 0.6) is 0 Å². The predicted octanol–water partition coefficient (Wildman–Crippen LogP) is 1.82. The first-order chi connectivity index (χ1) is 7.18. The number of hydrogen-bond donors (Lipinski definition) is 0. The lowest BCUT2D eigenvalue weighted by molar-refractivity contribution is -0.149. The van der Waals surface area contributed by atoms with Crippen molar-refractivity contribution in [3.8, 4) is 0 Å². The molecule has 0 spiro atoms. The molecule has 1 saturated heterocycles. The summed E-state index contributed by atoms with van der Waals surface area (Å²) in [6.45, 7) is 1.81. The van der Waals surface area contributed by atoms with E-state index >= 15 is 0 Å². The molecule has 1 heterocycles. The van der Waals surface area contributed by atoms with E-state index in [-0.39, 0.29) is 18.0 Å².